The molecule has 1 N–H and O–H groups in total. The van der Waals surface area contributed by atoms with Crippen LogP contribution in [0.4, 0.5) is 0 Å². The van der Waals surface area contributed by atoms with E-state index >= 15 is 0 Å². The molecule has 0 amide bonds. The minimum absolute atomic E-state index is 0.667. The lowest BCUT2D eigenvalue weighted by Gasteiger charge is -2.21. The van der Waals surface area contributed by atoms with Gasteiger partial charge < -0.3 is 5.32 Å². The van der Waals surface area contributed by atoms with Gasteiger partial charge in [0.25, 0.3) is 0 Å². The van der Waals surface area contributed by atoms with Crippen molar-refractivity contribution in [3.05, 3.63) is 0 Å². The molecule has 0 aromatic carbocycles. The standard InChI is InChI=1S/C10H21NS/c1-7(2)9(4)11-10-5-8(3)12-6-10/h7-11H,5-6H2,1-4H3. The van der Waals surface area contributed by atoms with Crippen molar-refractivity contribution in [2.24, 2.45) is 5.92 Å². The number of hydrogen-bond acceptors (Lipinski definition) is 2. The van der Waals surface area contributed by atoms with Crippen LogP contribution in [-0.2, 0) is 0 Å². The van der Waals surface area contributed by atoms with Crippen LogP contribution in [0.2, 0.25) is 0 Å². The van der Waals surface area contributed by atoms with Gasteiger partial charge in [0.05, 0.1) is 0 Å². The quantitative estimate of drug-likeness (QED) is 0.728. The van der Waals surface area contributed by atoms with Gasteiger partial charge >= 0.3 is 0 Å². The number of thioether (sulfide) groups is 1. The highest BCUT2D eigenvalue weighted by Crippen LogP contribution is 2.26. The minimum Gasteiger partial charge on any atom is -0.310 e. The summed E-state index contributed by atoms with van der Waals surface area (Å²) in [5, 5.41) is 4.55. The van der Waals surface area contributed by atoms with E-state index in [1.54, 1.807) is 0 Å². The summed E-state index contributed by atoms with van der Waals surface area (Å²) in [5.74, 6) is 2.06. The molecule has 1 aliphatic heterocycles. The fraction of sp³-hybridized carbons (Fsp3) is 1.00. The molecule has 0 aromatic heterocycles. The Hall–Kier alpha value is 0.310. The Morgan fingerprint density at radius 1 is 1.33 bits per heavy atom. The van der Waals surface area contributed by atoms with Gasteiger partial charge in [-0.1, -0.05) is 20.8 Å². The van der Waals surface area contributed by atoms with Crippen LogP contribution in [0.25, 0.3) is 0 Å². The Morgan fingerprint density at radius 3 is 2.42 bits per heavy atom. The van der Waals surface area contributed by atoms with E-state index < -0.39 is 0 Å². The summed E-state index contributed by atoms with van der Waals surface area (Å²) in [6.45, 7) is 9.18. The van der Waals surface area contributed by atoms with Gasteiger partial charge in [-0.25, -0.2) is 0 Å². The van der Waals surface area contributed by atoms with Crippen LogP contribution in [0, 0.1) is 5.92 Å². The second-order valence-corrected chi connectivity index (χ2v) is 5.75. The molecule has 0 radical (unpaired) electrons. The molecule has 2 heteroatoms. The zero-order valence-corrected chi connectivity index (χ0v) is 9.45. The van der Waals surface area contributed by atoms with Gasteiger partial charge in [-0.3, -0.25) is 0 Å². The van der Waals surface area contributed by atoms with Crippen molar-refractivity contribution in [3.8, 4) is 0 Å². The number of nitrogens with one attached hydrogen (secondary N) is 1. The van der Waals surface area contributed by atoms with Crippen LogP contribution in [0.3, 0.4) is 0 Å². The summed E-state index contributed by atoms with van der Waals surface area (Å²) in [6.07, 6.45) is 1.35. The zero-order chi connectivity index (χ0) is 9.14. The van der Waals surface area contributed by atoms with Gasteiger partial charge in [0, 0.05) is 23.1 Å². The van der Waals surface area contributed by atoms with Crippen LogP contribution >= 0.6 is 11.8 Å². The predicted octanol–water partition coefficient (Wildman–Crippen LogP) is 2.51. The first kappa shape index (κ1) is 10.4. The Bertz CT molecular complexity index is 136. The van der Waals surface area contributed by atoms with Crippen molar-refractivity contribution in [3.63, 3.8) is 0 Å². The molecule has 0 aliphatic carbocycles. The molecule has 0 bridgehead atoms. The van der Waals surface area contributed by atoms with Gasteiger partial charge in [0.1, 0.15) is 0 Å². The average Bonchev–Trinajstić information content (AvgIpc) is 2.35. The van der Waals surface area contributed by atoms with Crippen LogP contribution in [0.15, 0.2) is 0 Å². The van der Waals surface area contributed by atoms with Crippen molar-refractivity contribution in [2.75, 3.05) is 5.75 Å². The smallest absolute Gasteiger partial charge is 0.0171 e. The molecule has 1 saturated heterocycles. The second kappa shape index (κ2) is 4.52. The van der Waals surface area contributed by atoms with E-state index in [1.807, 2.05) is 0 Å². The van der Waals surface area contributed by atoms with Crippen LogP contribution < -0.4 is 5.32 Å². The molecule has 3 unspecified atom stereocenters. The molecule has 3 atom stereocenters. The summed E-state index contributed by atoms with van der Waals surface area (Å²) < 4.78 is 0. The largest absolute Gasteiger partial charge is 0.310 e. The molecule has 1 aliphatic rings. The van der Waals surface area contributed by atoms with Crippen molar-refractivity contribution in [1.29, 1.82) is 0 Å². The maximum Gasteiger partial charge on any atom is 0.0171 e. The first-order chi connectivity index (χ1) is 5.59. The lowest BCUT2D eigenvalue weighted by molar-refractivity contribution is 0.382. The molecule has 72 valence electrons. The maximum atomic E-state index is 3.69. The fourth-order valence-electron chi connectivity index (χ4n) is 1.50. The van der Waals surface area contributed by atoms with Gasteiger partial charge in [0.15, 0.2) is 0 Å². The lowest BCUT2D eigenvalue weighted by Crippen LogP contribution is -2.39. The summed E-state index contributed by atoms with van der Waals surface area (Å²) in [6, 6.07) is 1.43. The van der Waals surface area contributed by atoms with E-state index in [-0.39, 0.29) is 0 Å². The Labute approximate surface area is 80.7 Å². The molecule has 0 aromatic rings. The first-order valence-electron chi connectivity index (χ1n) is 4.97. The third-order valence-electron chi connectivity index (χ3n) is 2.70. The highest BCUT2D eigenvalue weighted by atomic mass is 32.2. The van der Waals surface area contributed by atoms with Crippen LogP contribution in [-0.4, -0.2) is 23.1 Å². The monoisotopic (exact) mass is 187 g/mol. The topological polar surface area (TPSA) is 12.0 Å². The Kier molecular flexibility index (Phi) is 3.91. The average molecular weight is 187 g/mol. The zero-order valence-electron chi connectivity index (χ0n) is 8.63. The fourth-order valence-corrected chi connectivity index (χ4v) is 2.66. The van der Waals surface area contributed by atoms with E-state index in [1.165, 1.54) is 12.2 Å². The molecule has 1 nitrogen and oxygen atoms in total. The van der Waals surface area contributed by atoms with Crippen LogP contribution in [0.1, 0.15) is 34.1 Å². The van der Waals surface area contributed by atoms with E-state index in [0.717, 1.165) is 17.2 Å². The van der Waals surface area contributed by atoms with E-state index in [4.69, 9.17) is 0 Å². The lowest BCUT2D eigenvalue weighted by atomic mass is 10.0. The minimum atomic E-state index is 0.667. The molecule has 1 rings (SSSR count). The highest BCUT2D eigenvalue weighted by molar-refractivity contribution is 8.00. The highest BCUT2D eigenvalue weighted by Gasteiger charge is 2.23. The summed E-state index contributed by atoms with van der Waals surface area (Å²) in [5.41, 5.74) is 0. The van der Waals surface area contributed by atoms with E-state index in [2.05, 4.69) is 44.8 Å². The van der Waals surface area contributed by atoms with Crippen LogP contribution in [0.5, 0.6) is 0 Å². The molecule has 0 saturated carbocycles. The Balaban J connectivity index is 2.23. The molecule has 12 heavy (non-hydrogen) atoms. The van der Waals surface area contributed by atoms with Crippen molar-refractivity contribution in [2.45, 2.75) is 51.4 Å². The number of rotatable bonds is 3. The van der Waals surface area contributed by atoms with E-state index in [0.29, 0.717) is 6.04 Å². The molecular formula is C10H21NS. The van der Waals surface area contributed by atoms with Gasteiger partial charge in [-0.2, -0.15) is 11.8 Å². The third-order valence-corrected chi connectivity index (χ3v) is 4.05. The third kappa shape index (κ3) is 2.98. The first-order valence-corrected chi connectivity index (χ1v) is 6.02. The normalized spacial score (nSPS) is 32.8. The van der Waals surface area contributed by atoms with Crippen molar-refractivity contribution >= 4 is 11.8 Å². The molecular weight excluding hydrogens is 166 g/mol. The van der Waals surface area contributed by atoms with E-state index in [9.17, 15) is 0 Å². The second-order valence-electron chi connectivity index (χ2n) is 4.28. The molecule has 1 fully saturated rings. The Morgan fingerprint density at radius 2 is 2.00 bits per heavy atom. The summed E-state index contributed by atoms with van der Waals surface area (Å²) >= 11 is 2.10. The van der Waals surface area contributed by atoms with Crippen molar-refractivity contribution in [1.82, 2.24) is 5.32 Å². The summed E-state index contributed by atoms with van der Waals surface area (Å²) in [7, 11) is 0. The van der Waals surface area contributed by atoms with Crippen molar-refractivity contribution < 1.29 is 0 Å². The SMILES string of the molecule is CC1CC(NC(C)C(C)C)CS1. The predicted molar refractivity (Wildman–Crippen MR) is 57.8 cm³/mol. The van der Waals surface area contributed by atoms with Gasteiger partial charge in [-0.05, 0) is 19.3 Å². The van der Waals surface area contributed by atoms with Gasteiger partial charge in [-0.15, -0.1) is 0 Å². The molecule has 0 spiro atoms. The maximum absolute atomic E-state index is 3.69. The summed E-state index contributed by atoms with van der Waals surface area (Å²) in [4.78, 5) is 0. The van der Waals surface area contributed by atoms with Gasteiger partial charge in [0.2, 0.25) is 0 Å². The number of hydrogen-bond donors (Lipinski definition) is 1. The molecule has 1 heterocycles.